The predicted octanol–water partition coefficient (Wildman–Crippen LogP) is 2.01. The van der Waals surface area contributed by atoms with Crippen LogP contribution >= 0.6 is 0 Å². The molecule has 2 heteroatoms. The van der Waals surface area contributed by atoms with Gasteiger partial charge in [0.2, 0.25) is 0 Å². The van der Waals surface area contributed by atoms with Crippen LogP contribution in [0, 0.1) is 6.42 Å². The van der Waals surface area contributed by atoms with Crippen molar-refractivity contribution in [1.29, 1.82) is 0 Å². The molecule has 12 heavy (non-hydrogen) atoms. The average molecular weight is 166 g/mol. The van der Waals surface area contributed by atoms with Crippen LogP contribution in [-0.4, -0.2) is 12.1 Å². The molecule has 0 heterocycles. The van der Waals surface area contributed by atoms with Gasteiger partial charge in [0.1, 0.15) is 0 Å². The van der Waals surface area contributed by atoms with E-state index < -0.39 is 0 Å². The van der Waals surface area contributed by atoms with E-state index in [1.165, 1.54) is 0 Å². The molecule has 0 aliphatic carbocycles. The van der Waals surface area contributed by atoms with E-state index in [1.54, 1.807) is 13.3 Å². The SMILES string of the molecule is C=C(C)C(=O)[CH]CCCC[C]=O. The summed E-state index contributed by atoms with van der Waals surface area (Å²) in [7, 11) is 0. The highest BCUT2D eigenvalue weighted by molar-refractivity contribution is 6.00. The average Bonchev–Trinajstić information content (AvgIpc) is 2.03. The van der Waals surface area contributed by atoms with Crippen LogP contribution in [0.1, 0.15) is 32.6 Å². The largest absolute Gasteiger partial charge is 0.294 e. The number of Topliss-reactive ketones (excluding diaryl/α,β-unsaturated/α-hetero) is 1. The van der Waals surface area contributed by atoms with Gasteiger partial charge in [-0.25, -0.2) is 0 Å². The quantitative estimate of drug-likeness (QED) is 0.428. The zero-order valence-corrected chi connectivity index (χ0v) is 7.43. The molecule has 66 valence electrons. The number of hydrogen-bond acceptors (Lipinski definition) is 2. The first kappa shape index (κ1) is 11.1. The number of unbranched alkanes of at least 4 members (excludes halogenated alkanes) is 3. The fourth-order valence-electron chi connectivity index (χ4n) is 0.749. The molecule has 0 aromatic carbocycles. The van der Waals surface area contributed by atoms with Gasteiger partial charge in [-0.15, -0.1) is 0 Å². The van der Waals surface area contributed by atoms with Crippen molar-refractivity contribution in [3.05, 3.63) is 18.6 Å². The summed E-state index contributed by atoms with van der Waals surface area (Å²) in [6.07, 6.45) is 6.31. The molecule has 0 aliphatic rings. The highest BCUT2D eigenvalue weighted by atomic mass is 16.1. The van der Waals surface area contributed by atoms with Gasteiger partial charge < -0.3 is 0 Å². The minimum absolute atomic E-state index is 0.00471. The summed E-state index contributed by atoms with van der Waals surface area (Å²) in [4.78, 5) is 20.7. The van der Waals surface area contributed by atoms with Crippen molar-refractivity contribution in [3.8, 4) is 0 Å². The van der Waals surface area contributed by atoms with Crippen molar-refractivity contribution in [2.75, 3.05) is 0 Å². The zero-order valence-electron chi connectivity index (χ0n) is 7.43. The van der Waals surface area contributed by atoms with Gasteiger partial charge in [-0.3, -0.25) is 9.59 Å². The molecule has 2 radical (unpaired) electrons. The Bertz CT molecular complexity index is 171. The second kappa shape index (κ2) is 6.77. The molecule has 0 aliphatic heterocycles. The number of allylic oxidation sites excluding steroid dienone is 1. The number of carbonyl (C=O) groups is 1. The third kappa shape index (κ3) is 5.83. The highest BCUT2D eigenvalue weighted by Gasteiger charge is 2.01. The van der Waals surface area contributed by atoms with Crippen molar-refractivity contribution < 1.29 is 9.59 Å². The second-order valence-corrected chi connectivity index (χ2v) is 2.74. The Hall–Kier alpha value is -0.920. The maximum Gasteiger partial charge on any atom is 0.198 e. The summed E-state index contributed by atoms with van der Waals surface area (Å²) < 4.78 is 0. The van der Waals surface area contributed by atoms with Gasteiger partial charge >= 0.3 is 0 Å². The van der Waals surface area contributed by atoms with E-state index in [1.807, 2.05) is 6.29 Å². The third-order valence-corrected chi connectivity index (χ3v) is 1.48. The lowest BCUT2D eigenvalue weighted by molar-refractivity contribution is -0.112. The fraction of sp³-hybridized carbons (Fsp3) is 0.500. The Morgan fingerprint density at radius 1 is 1.50 bits per heavy atom. The Morgan fingerprint density at radius 3 is 2.67 bits per heavy atom. The molecule has 0 aromatic rings. The fourth-order valence-corrected chi connectivity index (χ4v) is 0.749. The standard InChI is InChI=1S/C10H14O2/c1-9(2)10(12)7-5-3-4-6-8-11/h7H,1,3-6H2,2H3. The van der Waals surface area contributed by atoms with Gasteiger partial charge in [0.05, 0.1) is 0 Å². The van der Waals surface area contributed by atoms with E-state index in [9.17, 15) is 9.59 Å². The molecule has 0 N–H and O–H groups in total. The molecule has 0 bridgehead atoms. The Morgan fingerprint density at radius 2 is 2.17 bits per heavy atom. The molecule has 0 amide bonds. The summed E-state index contributed by atoms with van der Waals surface area (Å²) in [5.74, 6) is 0.00471. The Labute approximate surface area is 73.7 Å². The molecule has 0 atom stereocenters. The van der Waals surface area contributed by atoms with Gasteiger partial charge in [0.15, 0.2) is 12.1 Å². The van der Waals surface area contributed by atoms with Crippen molar-refractivity contribution >= 4 is 12.1 Å². The lowest BCUT2D eigenvalue weighted by atomic mass is 10.1. The predicted molar refractivity (Wildman–Crippen MR) is 48.3 cm³/mol. The zero-order chi connectivity index (χ0) is 9.40. The summed E-state index contributed by atoms with van der Waals surface area (Å²) in [6, 6.07) is 0. The third-order valence-electron chi connectivity index (χ3n) is 1.48. The lowest BCUT2D eigenvalue weighted by Gasteiger charge is -1.97. The van der Waals surface area contributed by atoms with Crippen LogP contribution in [0.5, 0.6) is 0 Å². The Kier molecular flexibility index (Phi) is 6.25. The molecule has 0 unspecified atom stereocenters. The van der Waals surface area contributed by atoms with E-state index in [-0.39, 0.29) is 5.78 Å². The minimum atomic E-state index is 0.00471. The molecule has 0 fully saturated rings. The Balaban J connectivity index is 3.25. The van der Waals surface area contributed by atoms with Crippen molar-refractivity contribution in [2.24, 2.45) is 0 Å². The number of rotatable bonds is 7. The molecule has 0 rings (SSSR count). The lowest BCUT2D eigenvalue weighted by Crippen LogP contribution is -1.98. The molecular weight excluding hydrogens is 152 g/mol. The van der Waals surface area contributed by atoms with Gasteiger partial charge in [-0.2, -0.15) is 0 Å². The monoisotopic (exact) mass is 166 g/mol. The summed E-state index contributed by atoms with van der Waals surface area (Å²) in [6.45, 7) is 5.22. The molecule has 0 saturated carbocycles. The van der Waals surface area contributed by atoms with Crippen LogP contribution in [-0.2, 0) is 9.59 Å². The molecular formula is C10H14O2. The topological polar surface area (TPSA) is 34.1 Å². The van der Waals surface area contributed by atoms with Crippen LogP contribution in [0.4, 0.5) is 0 Å². The number of ketones is 1. The van der Waals surface area contributed by atoms with E-state index in [2.05, 4.69) is 6.58 Å². The van der Waals surface area contributed by atoms with Crippen LogP contribution in [0.3, 0.4) is 0 Å². The van der Waals surface area contributed by atoms with E-state index in [0.29, 0.717) is 12.0 Å². The molecule has 0 spiro atoms. The van der Waals surface area contributed by atoms with Crippen molar-refractivity contribution in [2.45, 2.75) is 32.6 Å². The van der Waals surface area contributed by atoms with Crippen LogP contribution in [0.15, 0.2) is 12.2 Å². The van der Waals surface area contributed by atoms with Gasteiger partial charge in [-0.1, -0.05) is 13.0 Å². The van der Waals surface area contributed by atoms with E-state index in [4.69, 9.17) is 0 Å². The molecule has 0 saturated heterocycles. The first-order valence-corrected chi connectivity index (χ1v) is 4.06. The van der Waals surface area contributed by atoms with E-state index >= 15 is 0 Å². The first-order chi connectivity index (χ1) is 5.68. The van der Waals surface area contributed by atoms with Crippen LogP contribution in [0.25, 0.3) is 0 Å². The molecule has 0 aromatic heterocycles. The van der Waals surface area contributed by atoms with Gasteiger partial charge in [-0.05, 0) is 25.3 Å². The maximum absolute atomic E-state index is 10.9. The number of carbonyl (C=O) groups excluding carboxylic acids is 2. The summed E-state index contributed by atoms with van der Waals surface area (Å²) >= 11 is 0. The summed E-state index contributed by atoms with van der Waals surface area (Å²) in [5, 5.41) is 0. The first-order valence-electron chi connectivity index (χ1n) is 4.06. The van der Waals surface area contributed by atoms with Crippen molar-refractivity contribution in [3.63, 3.8) is 0 Å². The van der Waals surface area contributed by atoms with Gasteiger partial charge in [0, 0.05) is 12.8 Å². The normalized spacial score (nSPS) is 9.42. The number of hydrogen-bond donors (Lipinski definition) is 0. The maximum atomic E-state index is 10.9. The smallest absolute Gasteiger partial charge is 0.198 e. The highest BCUT2D eigenvalue weighted by Crippen LogP contribution is 2.04. The van der Waals surface area contributed by atoms with Crippen molar-refractivity contribution in [1.82, 2.24) is 0 Å². The van der Waals surface area contributed by atoms with E-state index in [0.717, 1.165) is 19.3 Å². The van der Waals surface area contributed by atoms with Crippen LogP contribution in [0.2, 0.25) is 0 Å². The van der Waals surface area contributed by atoms with Gasteiger partial charge in [0.25, 0.3) is 0 Å². The van der Waals surface area contributed by atoms with Crippen LogP contribution < -0.4 is 0 Å². The minimum Gasteiger partial charge on any atom is -0.294 e. The summed E-state index contributed by atoms with van der Waals surface area (Å²) in [5.41, 5.74) is 0.567. The molecule has 2 nitrogen and oxygen atoms in total. The second-order valence-electron chi connectivity index (χ2n) is 2.74.